The summed E-state index contributed by atoms with van der Waals surface area (Å²) < 4.78 is 16.9. The van der Waals surface area contributed by atoms with Gasteiger partial charge in [0.05, 0.1) is 0 Å². The average Bonchev–Trinajstić information content (AvgIpc) is 3.44. The van der Waals surface area contributed by atoms with E-state index in [9.17, 15) is 14.4 Å². The highest BCUT2D eigenvalue weighted by atomic mass is 16.6. The molecular formula is C72H118O6. The van der Waals surface area contributed by atoms with E-state index in [1.807, 2.05) is 0 Å². The van der Waals surface area contributed by atoms with Gasteiger partial charge in [0, 0.05) is 19.3 Å². The Kier molecular flexibility index (Phi) is 61.4. The van der Waals surface area contributed by atoms with Crippen molar-refractivity contribution in [3.8, 4) is 0 Å². The molecule has 0 aliphatic carbocycles. The molecule has 0 heterocycles. The second-order valence-corrected chi connectivity index (χ2v) is 20.9. The molecule has 0 saturated carbocycles. The maximum Gasteiger partial charge on any atom is 0.306 e. The van der Waals surface area contributed by atoms with Gasteiger partial charge in [-0.3, -0.25) is 14.4 Å². The molecule has 1 atom stereocenters. The van der Waals surface area contributed by atoms with Crippen LogP contribution in [0.5, 0.6) is 0 Å². The maximum absolute atomic E-state index is 12.9. The van der Waals surface area contributed by atoms with Gasteiger partial charge in [0.15, 0.2) is 6.10 Å². The van der Waals surface area contributed by atoms with Crippen LogP contribution < -0.4 is 0 Å². The van der Waals surface area contributed by atoms with E-state index < -0.39 is 6.10 Å². The lowest BCUT2D eigenvalue weighted by Crippen LogP contribution is -2.30. The van der Waals surface area contributed by atoms with Crippen LogP contribution in [-0.2, 0) is 28.6 Å². The Hall–Kier alpha value is -4.45. The minimum absolute atomic E-state index is 0.111. The van der Waals surface area contributed by atoms with Crippen LogP contribution >= 0.6 is 0 Å². The lowest BCUT2D eigenvalue weighted by Gasteiger charge is -2.18. The van der Waals surface area contributed by atoms with Crippen LogP contribution in [-0.4, -0.2) is 37.2 Å². The Labute approximate surface area is 481 Å². The van der Waals surface area contributed by atoms with Gasteiger partial charge in [-0.1, -0.05) is 289 Å². The van der Waals surface area contributed by atoms with Crippen LogP contribution in [0.2, 0.25) is 0 Å². The summed E-state index contributed by atoms with van der Waals surface area (Å²) in [6, 6.07) is 0. The molecule has 0 aliphatic rings. The third-order valence-electron chi connectivity index (χ3n) is 13.4. The van der Waals surface area contributed by atoms with E-state index >= 15 is 0 Å². The molecule has 0 N–H and O–H groups in total. The van der Waals surface area contributed by atoms with Crippen molar-refractivity contribution in [1.29, 1.82) is 0 Å². The quantitative estimate of drug-likeness (QED) is 0.0261. The first-order chi connectivity index (χ1) is 38.5. The lowest BCUT2D eigenvalue weighted by molar-refractivity contribution is -0.167. The van der Waals surface area contributed by atoms with Crippen molar-refractivity contribution in [1.82, 2.24) is 0 Å². The Bertz CT molecular complexity index is 1670. The molecule has 442 valence electrons. The third kappa shape index (κ3) is 62.4. The van der Waals surface area contributed by atoms with E-state index in [1.165, 1.54) is 109 Å². The summed E-state index contributed by atoms with van der Waals surface area (Å²) in [6.45, 7) is 6.36. The normalized spacial score (nSPS) is 13.0. The van der Waals surface area contributed by atoms with E-state index in [1.54, 1.807) is 0 Å². The SMILES string of the molecule is CC/C=C\C/C=C\C/C=C\C/C=C\C/C=C\C/C=C\CCCCCCC(=O)OCC(COC(=O)CCC/C=C\C/C=C\C/C=C\C/C=C\C/C=C\CC)OC(=O)CCCCCCCCCCCCCCCCCCCCCC. The van der Waals surface area contributed by atoms with Gasteiger partial charge in [-0.2, -0.15) is 0 Å². The molecule has 0 aromatic carbocycles. The van der Waals surface area contributed by atoms with Crippen LogP contribution in [0.4, 0.5) is 0 Å². The first-order valence-electron chi connectivity index (χ1n) is 32.2. The third-order valence-corrected chi connectivity index (χ3v) is 13.4. The summed E-state index contributed by atoms with van der Waals surface area (Å²) >= 11 is 0. The van der Waals surface area contributed by atoms with Crippen molar-refractivity contribution in [3.63, 3.8) is 0 Å². The van der Waals surface area contributed by atoms with Crippen LogP contribution in [0.3, 0.4) is 0 Å². The highest BCUT2D eigenvalue weighted by Gasteiger charge is 2.19. The average molecular weight is 1080 g/mol. The van der Waals surface area contributed by atoms with Crippen molar-refractivity contribution < 1.29 is 28.6 Å². The van der Waals surface area contributed by atoms with Gasteiger partial charge in [0.1, 0.15) is 13.2 Å². The van der Waals surface area contributed by atoms with Gasteiger partial charge in [0.25, 0.3) is 0 Å². The van der Waals surface area contributed by atoms with Crippen molar-refractivity contribution in [2.75, 3.05) is 13.2 Å². The molecule has 0 spiro atoms. The molecule has 0 rings (SSSR count). The van der Waals surface area contributed by atoms with Crippen LogP contribution in [0.25, 0.3) is 0 Å². The zero-order chi connectivity index (χ0) is 56.4. The smallest absolute Gasteiger partial charge is 0.306 e. The molecule has 0 fully saturated rings. The van der Waals surface area contributed by atoms with E-state index in [2.05, 4.69) is 154 Å². The minimum atomic E-state index is -0.817. The molecule has 0 aliphatic heterocycles. The largest absolute Gasteiger partial charge is 0.462 e. The number of carbonyl (C=O) groups is 3. The number of ether oxygens (including phenoxy) is 3. The zero-order valence-electron chi connectivity index (χ0n) is 50.6. The first-order valence-corrected chi connectivity index (χ1v) is 32.2. The molecular weight excluding hydrogens is 961 g/mol. The fourth-order valence-corrected chi connectivity index (χ4v) is 8.66. The molecule has 1 unspecified atom stereocenters. The molecule has 6 nitrogen and oxygen atoms in total. The summed E-state index contributed by atoms with van der Waals surface area (Å²) in [4.78, 5) is 38.3. The van der Waals surface area contributed by atoms with Crippen molar-refractivity contribution in [2.45, 2.75) is 290 Å². The Balaban J connectivity index is 4.50. The summed E-state index contributed by atoms with van der Waals surface area (Å²) in [6.07, 6.45) is 91.7. The lowest BCUT2D eigenvalue weighted by atomic mass is 10.0. The second-order valence-electron chi connectivity index (χ2n) is 20.9. The van der Waals surface area contributed by atoms with E-state index in [4.69, 9.17) is 14.2 Å². The van der Waals surface area contributed by atoms with Crippen LogP contribution in [0.1, 0.15) is 284 Å². The number of rotatable bonds is 57. The van der Waals surface area contributed by atoms with Gasteiger partial charge in [-0.05, 0) is 109 Å². The Morgan fingerprint density at radius 1 is 0.269 bits per heavy atom. The van der Waals surface area contributed by atoms with Gasteiger partial charge >= 0.3 is 17.9 Å². The standard InChI is InChI=1S/C72H118O6/c1-4-7-10-13-16-19-22-25-28-31-33-35-36-37-39-41-44-47-50-53-56-59-62-65-71(74)77-68-69(67-76-70(73)64-61-58-55-52-49-46-43-40-30-27-24-21-18-15-12-9-6-3)78-72(75)66-63-60-57-54-51-48-45-42-38-34-32-29-26-23-20-17-14-11-8-5-2/h7,9-10,12,16,18-19,21,25,27-28,30,33,35,37,39,43-44,46-47,52,55,69H,4-6,8,11,13-15,17,20,22-24,26,29,31-32,34,36,38,40-42,45,48-51,53-54,56-68H2,1-3H3/b10-7-,12-9-,19-16-,21-18-,28-25-,30-27-,35-33-,39-37-,46-43-,47-44-,55-52-. The number of hydrogen-bond acceptors (Lipinski definition) is 6. The van der Waals surface area contributed by atoms with E-state index in [-0.39, 0.29) is 37.5 Å². The van der Waals surface area contributed by atoms with Crippen LogP contribution in [0, 0.1) is 0 Å². The van der Waals surface area contributed by atoms with Crippen molar-refractivity contribution >= 4 is 17.9 Å². The molecule has 0 aromatic rings. The molecule has 0 aromatic heterocycles. The molecule has 6 heteroatoms. The summed E-state index contributed by atoms with van der Waals surface area (Å²) in [5, 5.41) is 0. The van der Waals surface area contributed by atoms with Gasteiger partial charge < -0.3 is 14.2 Å². The Morgan fingerprint density at radius 3 is 0.833 bits per heavy atom. The monoisotopic (exact) mass is 1080 g/mol. The summed E-state index contributed by atoms with van der Waals surface area (Å²) in [5.41, 5.74) is 0. The summed E-state index contributed by atoms with van der Waals surface area (Å²) in [7, 11) is 0. The van der Waals surface area contributed by atoms with E-state index in [0.29, 0.717) is 19.3 Å². The highest BCUT2D eigenvalue weighted by Crippen LogP contribution is 2.16. The number of hydrogen-bond donors (Lipinski definition) is 0. The number of esters is 3. The molecule has 0 amide bonds. The van der Waals surface area contributed by atoms with Gasteiger partial charge in [0.2, 0.25) is 0 Å². The molecule has 0 bridgehead atoms. The van der Waals surface area contributed by atoms with E-state index in [0.717, 1.165) is 128 Å². The fourth-order valence-electron chi connectivity index (χ4n) is 8.66. The van der Waals surface area contributed by atoms with Gasteiger partial charge in [-0.15, -0.1) is 0 Å². The second kappa shape index (κ2) is 65.1. The molecule has 0 saturated heterocycles. The number of allylic oxidation sites excluding steroid dienone is 22. The van der Waals surface area contributed by atoms with Gasteiger partial charge in [-0.25, -0.2) is 0 Å². The van der Waals surface area contributed by atoms with Crippen molar-refractivity contribution in [2.24, 2.45) is 0 Å². The zero-order valence-corrected chi connectivity index (χ0v) is 50.6. The molecule has 0 radical (unpaired) electrons. The topological polar surface area (TPSA) is 78.9 Å². The fraction of sp³-hybridized carbons (Fsp3) is 0.653. The highest BCUT2D eigenvalue weighted by molar-refractivity contribution is 5.71. The van der Waals surface area contributed by atoms with Crippen molar-refractivity contribution in [3.05, 3.63) is 134 Å². The predicted molar refractivity (Wildman–Crippen MR) is 339 cm³/mol. The maximum atomic E-state index is 12.9. The minimum Gasteiger partial charge on any atom is -0.462 e. The Morgan fingerprint density at radius 2 is 0.513 bits per heavy atom. The van der Waals surface area contributed by atoms with Crippen LogP contribution in [0.15, 0.2) is 134 Å². The predicted octanol–water partition coefficient (Wildman–Crippen LogP) is 22.2. The number of unbranched alkanes of at least 4 members (excludes halogenated alkanes) is 24. The number of carbonyl (C=O) groups excluding carboxylic acids is 3. The summed E-state index contributed by atoms with van der Waals surface area (Å²) in [5.74, 6) is -0.988. The molecule has 78 heavy (non-hydrogen) atoms. The first kappa shape index (κ1) is 73.5.